The number of benzene rings is 1. The first-order chi connectivity index (χ1) is 9.69. The molecule has 0 aliphatic heterocycles. The molecule has 0 fully saturated rings. The van der Waals surface area contributed by atoms with E-state index in [-0.39, 0.29) is 0 Å². The zero-order chi connectivity index (χ0) is 14.4. The highest BCUT2D eigenvalue weighted by Gasteiger charge is 2.02. The number of hydrogen-bond acceptors (Lipinski definition) is 3. The Morgan fingerprint density at radius 2 is 2.15 bits per heavy atom. The van der Waals surface area contributed by atoms with E-state index in [1.54, 1.807) is 11.3 Å². The first-order valence-electron chi connectivity index (χ1n) is 6.57. The number of hydrogen-bond donors (Lipinski definition) is 0. The fourth-order valence-electron chi connectivity index (χ4n) is 1.80. The number of nitrogens with zero attached hydrogens (tertiary/aromatic N) is 1. The Balaban J connectivity index is 1.67. The number of unbranched alkanes of at least 4 members (excludes halogenated alkanes) is 1. The smallest absolute Gasteiger partial charge is 0.119 e. The zero-order valence-electron chi connectivity index (χ0n) is 11.4. The maximum Gasteiger partial charge on any atom is 0.119 e. The van der Waals surface area contributed by atoms with Gasteiger partial charge in [-0.2, -0.15) is 0 Å². The summed E-state index contributed by atoms with van der Waals surface area (Å²) in [6.07, 6.45) is 3.07. The fraction of sp³-hybridized carbons (Fsp3) is 0.400. The van der Waals surface area contributed by atoms with Gasteiger partial charge in [0.25, 0.3) is 0 Å². The van der Waals surface area contributed by atoms with Gasteiger partial charge < -0.3 is 4.74 Å². The lowest BCUT2D eigenvalue weighted by molar-refractivity contribution is 0.307. The van der Waals surface area contributed by atoms with Crippen LogP contribution in [-0.4, -0.2) is 11.6 Å². The zero-order valence-corrected chi connectivity index (χ0v) is 13.7. The van der Waals surface area contributed by atoms with Gasteiger partial charge in [-0.3, -0.25) is 0 Å². The van der Waals surface area contributed by atoms with Crippen molar-refractivity contribution >= 4 is 34.5 Å². The lowest BCUT2D eigenvalue weighted by Crippen LogP contribution is -1.98. The first kappa shape index (κ1) is 15.6. The molecule has 0 N–H and O–H groups in total. The molecule has 1 aromatic heterocycles. The minimum Gasteiger partial charge on any atom is -0.494 e. The van der Waals surface area contributed by atoms with Crippen LogP contribution in [0.25, 0.3) is 0 Å². The molecule has 5 heteroatoms. The average Bonchev–Trinajstić information content (AvgIpc) is 2.90. The van der Waals surface area contributed by atoms with Gasteiger partial charge in [0.2, 0.25) is 0 Å². The molecule has 0 atom stereocenters. The van der Waals surface area contributed by atoms with Crippen molar-refractivity contribution < 1.29 is 4.74 Å². The molecular weight excluding hydrogens is 313 g/mol. The Morgan fingerprint density at radius 1 is 1.30 bits per heavy atom. The van der Waals surface area contributed by atoms with Crippen LogP contribution >= 0.6 is 34.5 Å². The van der Waals surface area contributed by atoms with Crippen molar-refractivity contribution in [3.05, 3.63) is 44.9 Å². The maximum atomic E-state index is 5.98. The Hall–Kier alpha value is -0.770. The van der Waals surface area contributed by atoms with E-state index in [1.807, 2.05) is 30.5 Å². The molecule has 108 valence electrons. The van der Waals surface area contributed by atoms with Crippen LogP contribution in [0.2, 0.25) is 5.02 Å². The van der Waals surface area contributed by atoms with Crippen LogP contribution in [0.4, 0.5) is 0 Å². The maximum absolute atomic E-state index is 5.98. The van der Waals surface area contributed by atoms with Crippen LogP contribution < -0.4 is 4.74 Å². The van der Waals surface area contributed by atoms with Crippen LogP contribution in [0, 0.1) is 6.92 Å². The van der Waals surface area contributed by atoms with Crippen molar-refractivity contribution in [1.29, 1.82) is 0 Å². The number of rotatable bonds is 7. The molecule has 0 bridgehead atoms. The normalized spacial score (nSPS) is 10.8. The standard InChI is InChI=1S/C15H17Cl2NOS/c1-11-8-13(5-6-14(11)17)19-7-3-2-4-15-18-12(9-16)10-20-15/h5-6,8,10H,2-4,7,9H2,1H3. The van der Waals surface area contributed by atoms with E-state index < -0.39 is 0 Å². The summed E-state index contributed by atoms with van der Waals surface area (Å²) >= 11 is 13.4. The number of ether oxygens (including phenoxy) is 1. The summed E-state index contributed by atoms with van der Waals surface area (Å²) in [5, 5.41) is 3.95. The predicted molar refractivity (Wildman–Crippen MR) is 86.3 cm³/mol. The number of aromatic nitrogens is 1. The minimum atomic E-state index is 0.496. The van der Waals surface area contributed by atoms with Gasteiger partial charge in [0.1, 0.15) is 5.75 Å². The second-order valence-electron chi connectivity index (χ2n) is 4.58. The van der Waals surface area contributed by atoms with Gasteiger partial charge in [-0.05, 0) is 49.9 Å². The molecule has 0 unspecified atom stereocenters. The van der Waals surface area contributed by atoms with Crippen molar-refractivity contribution in [1.82, 2.24) is 4.98 Å². The summed E-state index contributed by atoms with van der Waals surface area (Å²) in [5.41, 5.74) is 2.01. The lowest BCUT2D eigenvalue weighted by Gasteiger charge is -2.07. The van der Waals surface area contributed by atoms with Crippen molar-refractivity contribution in [3.8, 4) is 5.75 Å². The Morgan fingerprint density at radius 3 is 2.85 bits per heavy atom. The molecule has 1 heterocycles. The van der Waals surface area contributed by atoms with Crippen LogP contribution in [0.1, 0.15) is 29.1 Å². The van der Waals surface area contributed by atoms with Gasteiger partial charge in [-0.15, -0.1) is 22.9 Å². The Labute approximate surface area is 133 Å². The Bertz CT molecular complexity index is 557. The van der Waals surface area contributed by atoms with E-state index in [9.17, 15) is 0 Å². The lowest BCUT2D eigenvalue weighted by atomic mass is 10.2. The van der Waals surface area contributed by atoms with Crippen LogP contribution in [0.15, 0.2) is 23.6 Å². The Kier molecular flexibility index (Phi) is 6.14. The third-order valence-corrected chi connectivity index (χ3v) is 4.57. The summed E-state index contributed by atoms with van der Waals surface area (Å²) in [6, 6.07) is 5.74. The monoisotopic (exact) mass is 329 g/mol. The fourth-order valence-corrected chi connectivity index (χ4v) is 2.99. The van der Waals surface area contributed by atoms with Gasteiger partial charge in [-0.25, -0.2) is 4.98 Å². The number of halogens is 2. The first-order valence-corrected chi connectivity index (χ1v) is 8.36. The van der Waals surface area contributed by atoms with Gasteiger partial charge in [0, 0.05) is 10.4 Å². The highest BCUT2D eigenvalue weighted by molar-refractivity contribution is 7.09. The van der Waals surface area contributed by atoms with Crippen LogP contribution in [0.5, 0.6) is 5.75 Å². The highest BCUT2D eigenvalue weighted by Crippen LogP contribution is 2.21. The molecular formula is C15H17Cl2NOS. The van der Waals surface area contributed by atoms with E-state index in [1.165, 1.54) is 0 Å². The van der Waals surface area contributed by atoms with Crippen molar-refractivity contribution in [2.75, 3.05) is 6.61 Å². The van der Waals surface area contributed by atoms with Crippen LogP contribution in [-0.2, 0) is 12.3 Å². The third-order valence-electron chi connectivity index (χ3n) is 2.92. The number of alkyl halides is 1. The van der Waals surface area contributed by atoms with Gasteiger partial charge >= 0.3 is 0 Å². The quantitative estimate of drug-likeness (QED) is 0.511. The average molecular weight is 330 g/mol. The highest BCUT2D eigenvalue weighted by atomic mass is 35.5. The second kappa shape index (κ2) is 7.87. The summed E-state index contributed by atoms with van der Waals surface area (Å²) in [6.45, 7) is 2.70. The third kappa shape index (κ3) is 4.65. The van der Waals surface area contributed by atoms with Crippen molar-refractivity contribution in [3.63, 3.8) is 0 Å². The van der Waals surface area contributed by atoms with E-state index in [0.29, 0.717) is 5.88 Å². The van der Waals surface area contributed by atoms with E-state index in [0.717, 1.165) is 52.9 Å². The van der Waals surface area contributed by atoms with Gasteiger partial charge in [0.05, 0.1) is 23.2 Å². The SMILES string of the molecule is Cc1cc(OCCCCc2nc(CCl)cs2)ccc1Cl. The molecule has 0 aliphatic carbocycles. The number of thiazole rings is 1. The summed E-state index contributed by atoms with van der Waals surface area (Å²) in [4.78, 5) is 4.44. The van der Waals surface area contributed by atoms with Crippen molar-refractivity contribution in [2.45, 2.75) is 32.1 Å². The predicted octanol–water partition coefficient (Wildman–Crippen LogP) is 5.25. The second-order valence-corrected chi connectivity index (χ2v) is 6.20. The molecule has 1 aromatic carbocycles. The van der Waals surface area contributed by atoms with E-state index in [2.05, 4.69) is 4.98 Å². The molecule has 2 nitrogen and oxygen atoms in total. The molecule has 0 saturated heterocycles. The molecule has 2 aromatic rings. The molecule has 0 spiro atoms. The molecule has 0 amide bonds. The summed E-state index contributed by atoms with van der Waals surface area (Å²) < 4.78 is 5.71. The molecule has 20 heavy (non-hydrogen) atoms. The van der Waals surface area contributed by atoms with Gasteiger partial charge in [-0.1, -0.05) is 11.6 Å². The number of aryl methyl sites for hydroxylation is 2. The summed E-state index contributed by atoms with van der Waals surface area (Å²) in [7, 11) is 0. The van der Waals surface area contributed by atoms with E-state index >= 15 is 0 Å². The molecule has 0 radical (unpaired) electrons. The van der Waals surface area contributed by atoms with Crippen LogP contribution in [0.3, 0.4) is 0 Å². The topological polar surface area (TPSA) is 22.1 Å². The molecule has 0 saturated carbocycles. The van der Waals surface area contributed by atoms with E-state index in [4.69, 9.17) is 27.9 Å². The van der Waals surface area contributed by atoms with Crippen molar-refractivity contribution in [2.24, 2.45) is 0 Å². The largest absolute Gasteiger partial charge is 0.494 e. The summed E-state index contributed by atoms with van der Waals surface area (Å²) in [5.74, 6) is 1.38. The molecule has 0 aliphatic rings. The molecule has 2 rings (SSSR count). The minimum absolute atomic E-state index is 0.496. The van der Waals surface area contributed by atoms with Gasteiger partial charge in [0.15, 0.2) is 0 Å².